The quantitative estimate of drug-likeness (QED) is 0.908. The molecule has 0 aliphatic heterocycles. The number of aromatic carboxylic acids is 1. The number of carboxylic acids is 1. The summed E-state index contributed by atoms with van der Waals surface area (Å²) in [6.07, 6.45) is -0.501. The monoisotopic (exact) mass is 301 g/mol. The number of hydrogen-bond donors (Lipinski definition) is 2. The van der Waals surface area contributed by atoms with Crippen molar-refractivity contribution in [3.63, 3.8) is 0 Å². The molecule has 2 rings (SSSR count). The Kier molecular flexibility index (Phi) is 4.35. The Labute approximate surface area is 128 Å². The van der Waals surface area contributed by atoms with Crippen LogP contribution in [-0.2, 0) is 11.3 Å². The molecule has 2 aromatic rings. The van der Waals surface area contributed by atoms with Crippen molar-refractivity contribution in [2.75, 3.05) is 0 Å². The van der Waals surface area contributed by atoms with Gasteiger partial charge in [-0.2, -0.15) is 0 Å². The van der Waals surface area contributed by atoms with Crippen molar-refractivity contribution >= 4 is 22.8 Å². The Morgan fingerprint density at radius 3 is 2.55 bits per heavy atom. The van der Waals surface area contributed by atoms with Crippen LogP contribution < -0.4 is 5.32 Å². The molecule has 5 nitrogen and oxygen atoms in total. The van der Waals surface area contributed by atoms with Crippen LogP contribution in [0.4, 0.5) is 4.79 Å². The first-order chi connectivity index (χ1) is 10.3. The predicted octanol–water partition coefficient (Wildman–Crippen LogP) is 3.56. The predicted molar refractivity (Wildman–Crippen MR) is 84.0 cm³/mol. The summed E-state index contributed by atoms with van der Waals surface area (Å²) in [7, 11) is 0. The molecule has 0 heterocycles. The highest BCUT2D eigenvalue weighted by atomic mass is 16.6. The Bertz CT molecular complexity index is 716. The summed E-state index contributed by atoms with van der Waals surface area (Å²) < 4.78 is 5.19. The second kappa shape index (κ2) is 6.05. The summed E-state index contributed by atoms with van der Waals surface area (Å²) in [5, 5.41) is 13.5. The van der Waals surface area contributed by atoms with Crippen LogP contribution in [-0.4, -0.2) is 22.8 Å². The highest BCUT2D eigenvalue weighted by molar-refractivity contribution is 5.95. The molecule has 0 aliphatic rings. The van der Waals surface area contributed by atoms with E-state index in [1.165, 1.54) is 0 Å². The second-order valence-corrected chi connectivity index (χ2v) is 6.01. The zero-order chi connectivity index (χ0) is 16.3. The normalized spacial score (nSPS) is 11.2. The lowest BCUT2D eigenvalue weighted by molar-refractivity contribution is 0.0523. The molecular formula is C17H19NO4. The third-order valence-electron chi connectivity index (χ3n) is 3.04. The molecule has 0 bridgehead atoms. The molecule has 0 aliphatic carbocycles. The number of nitrogens with one attached hydrogen (secondary N) is 1. The summed E-state index contributed by atoms with van der Waals surface area (Å²) in [6.45, 7) is 5.66. The van der Waals surface area contributed by atoms with E-state index in [9.17, 15) is 9.59 Å². The smallest absolute Gasteiger partial charge is 0.407 e. The zero-order valence-corrected chi connectivity index (χ0v) is 12.8. The number of carbonyl (C=O) groups is 2. The standard InChI is InChI=1S/C17H19NO4/c1-17(2,3)22-16(21)18-10-13-6-4-5-11-7-8-12(15(19)20)9-14(11)13/h4-9H,10H2,1-3H3,(H,18,21)(H,19,20). The van der Waals surface area contributed by atoms with Gasteiger partial charge >= 0.3 is 12.1 Å². The summed E-state index contributed by atoms with van der Waals surface area (Å²) in [5.74, 6) is -0.975. The lowest BCUT2D eigenvalue weighted by Gasteiger charge is -2.20. The van der Waals surface area contributed by atoms with Crippen molar-refractivity contribution in [3.8, 4) is 0 Å². The molecule has 0 saturated heterocycles. The number of carboxylic acid groups (broad SMARTS) is 1. The minimum Gasteiger partial charge on any atom is -0.478 e. The SMILES string of the molecule is CC(C)(C)OC(=O)NCc1cccc2ccc(C(=O)O)cc12. The molecule has 0 saturated carbocycles. The molecule has 2 N–H and O–H groups in total. The molecule has 0 unspecified atom stereocenters. The molecule has 0 fully saturated rings. The molecule has 0 radical (unpaired) electrons. The summed E-state index contributed by atoms with van der Waals surface area (Å²) in [5.41, 5.74) is 0.503. The average Bonchev–Trinajstić information content (AvgIpc) is 2.42. The van der Waals surface area contributed by atoms with E-state index in [1.54, 1.807) is 39.0 Å². The van der Waals surface area contributed by atoms with E-state index in [2.05, 4.69) is 5.32 Å². The lowest BCUT2D eigenvalue weighted by atomic mass is 10.0. The Morgan fingerprint density at radius 1 is 1.18 bits per heavy atom. The van der Waals surface area contributed by atoms with Crippen molar-refractivity contribution in [2.24, 2.45) is 0 Å². The molecule has 5 heteroatoms. The van der Waals surface area contributed by atoms with Gasteiger partial charge in [-0.25, -0.2) is 9.59 Å². The minimum absolute atomic E-state index is 0.220. The summed E-state index contributed by atoms with van der Waals surface area (Å²) in [6, 6.07) is 10.6. The van der Waals surface area contributed by atoms with Crippen molar-refractivity contribution in [1.29, 1.82) is 0 Å². The van der Waals surface area contributed by atoms with Crippen molar-refractivity contribution in [2.45, 2.75) is 32.9 Å². The molecule has 0 aromatic heterocycles. The van der Waals surface area contributed by atoms with Crippen molar-refractivity contribution in [1.82, 2.24) is 5.32 Å². The number of carbonyl (C=O) groups excluding carboxylic acids is 1. The maximum atomic E-state index is 11.7. The van der Waals surface area contributed by atoms with Crippen LogP contribution in [0.3, 0.4) is 0 Å². The van der Waals surface area contributed by atoms with Crippen molar-refractivity contribution < 1.29 is 19.4 Å². The fourth-order valence-corrected chi connectivity index (χ4v) is 2.11. The van der Waals surface area contributed by atoms with Crippen LogP contribution in [0.1, 0.15) is 36.7 Å². The number of fused-ring (bicyclic) bond motifs is 1. The number of hydrogen-bond acceptors (Lipinski definition) is 3. The minimum atomic E-state index is -0.975. The molecule has 1 amide bonds. The van der Waals surface area contributed by atoms with E-state index in [1.807, 2.05) is 18.2 Å². The van der Waals surface area contributed by atoms with Crippen LogP contribution in [0.15, 0.2) is 36.4 Å². The van der Waals surface area contributed by atoms with Gasteiger partial charge in [0.2, 0.25) is 0 Å². The first-order valence-corrected chi connectivity index (χ1v) is 6.98. The molecule has 2 aromatic carbocycles. The third-order valence-corrected chi connectivity index (χ3v) is 3.04. The van der Waals surface area contributed by atoms with Crippen molar-refractivity contribution in [3.05, 3.63) is 47.5 Å². The van der Waals surface area contributed by atoms with Gasteiger partial charge < -0.3 is 15.2 Å². The van der Waals surface area contributed by atoms with E-state index in [-0.39, 0.29) is 12.1 Å². The highest BCUT2D eigenvalue weighted by Crippen LogP contribution is 2.21. The number of ether oxygens (including phenoxy) is 1. The fraction of sp³-hybridized carbons (Fsp3) is 0.294. The maximum Gasteiger partial charge on any atom is 0.407 e. The molecule has 22 heavy (non-hydrogen) atoms. The molecule has 0 atom stereocenters. The molecule has 116 valence electrons. The van der Waals surface area contributed by atoms with Crippen LogP contribution in [0.2, 0.25) is 0 Å². The maximum absolute atomic E-state index is 11.7. The molecular weight excluding hydrogens is 282 g/mol. The van der Waals surface area contributed by atoms with Gasteiger partial charge in [0, 0.05) is 6.54 Å². The third kappa shape index (κ3) is 3.97. The fourth-order valence-electron chi connectivity index (χ4n) is 2.11. The van der Waals surface area contributed by atoms with Crippen LogP contribution in [0.5, 0.6) is 0 Å². The van der Waals surface area contributed by atoms with Crippen LogP contribution in [0, 0.1) is 0 Å². The average molecular weight is 301 g/mol. The van der Waals surface area contributed by atoms with Gasteiger partial charge in [0.05, 0.1) is 5.56 Å². The van der Waals surface area contributed by atoms with Gasteiger partial charge in [0.1, 0.15) is 5.60 Å². The topological polar surface area (TPSA) is 75.6 Å². The van der Waals surface area contributed by atoms with Crippen LogP contribution >= 0.6 is 0 Å². The lowest BCUT2D eigenvalue weighted by Crippen LogP contribution is -2.32. The van der Waals surface area contributed by atoms with Gasteiger partial charge in [-0.1, -0.05) is 24.3 Å². The van der Waals surface area contributed by atoms with Crippen LogP contribution in [0.25, 0.3) is 10.8 Å². The zero-order valence-electron chi connectivity index (χ0n) is 12.8. The summed E-state index contributed by atoms with van der Waals surface area (Å²) >= 11 is 0. The number of benzene rings is 2. The van der Waals surface area contributed by atoms with Gasteiger partial charge in [-0.15, -0.1) is 0 Å². The number of rotatable bonds is 3. The second-order valence-electron chi connectivity index (χ2n) is 6.01. The Balaban J connectivity index is 2.22. The van der Waals surface area contributed by atoms with E-state index in [0.29, 0.717) is 0 Å². The van der Waals surface area contributed by atoms with E-state index >= 15 is 0 Å². The summed E-state index contributed by atoms with van der Waals surface area (Å²) in [4.78, 5) is 22.8. The molecule has 0 spiro atoms. The number of amides is 1. The van der Waals surface area contributed by atoms with Gasteiger partial charge in [0.15, 0.2) is 0 Å². The number of alkyl carbamates (subject to hydrolysis) is 1. The largest absolute Gasteiger partial charge is 0.478 e. The highest BCUT2D eigenvalue weighted by Gasteiger charge is 2.16. The van der Waals surface area contributed by atoms with Gasteiger partial charge in [-0.3, -0.25) is 0 Å². The van der Waals surface area contributed by atoms with E-state index in [4.69, 9.17) is 9.84 Å². The first kappa shape index (κ1) is 15.8. The Morgan fingerprint density at radius 2 is 1.91 bits per heavy atom. The van der Waals surface area contributed by atoms with E-state index in [0.717, 1.165) is 16.3 Å². The first-order valence-electron chi connectivity index (χ1n) is 6.98. The van der Waals surface area contributed by atoms with E-state index < -0.39 is 17.7 Å². The van der Waals surface area contributed by atoms with Gasteiger partial charge in [-0.05, 0) is 49.2 Å². The van der Waals surface area contributed by atoms with Gasteiger partial charge in [0.25, 0.3) is 0 Å². The Hall–Kier alpha value is -2.56.